The third-order valence-corrected chi connectivity index (χ3v) is 2.08. The Hall–Kier alpha value is -0.630. The molecule has 0 heterocycles. The lowest BCUT2D eigenvalue weighted by atomic mass is 9.86. The molecule has 1 atom stereocenters. The minimum Gasteiger partial charge on any atom is -0.386 e. The summed E-state index contributed by atoms with van der Waals surface area (Å²) in [6.07, 6.45) is 3.48. The Labute approximate surface area is 66.9 Å². The van der Waals surface area contributed by atoms with E-state index in [0.717, 1.165) is 12.0 Å². The normalized spacial score (nSPS) is 31.9. The molecule has 2 nitrogen and oxygen atoms in total. The number of hydrogen-bond acceptors (Lipinski definition) is 2. The van der Waals surface area contributed by atoms with Gasteiger partial charge in [-0.25, -0.2) is 0 Å². The molecule has 0 aliphatic heterocycles. The molecule has 1 aliphatic rings. The number of ketones is 1. The summed E-state index contributed by atoms with van der Waals surface area (Å²) in [7, 11) is 0. The van der Waals surface area contributed by atoms with Crippen LogP contribution in [0.1, 0.15) is 33.1 Å². The molecule has 1 aliphatic carbocycles. The molecule has 1 rings (SSSR count). The van der Waals surface area contributed by atoms with Crippen molar-refractivity contribution in [3.8, 4) is 0 Å². The summed E-state index contributed by atoms with van der Waals surface area (Å²) in [6.45, 7) is 3.68. The Bertz CT molecular complexity index is 202. The van der Waals surface area contributed by atoms with Crippen molar-refractivity contribution in [3.63, 3.8) is 0 Å². The summed E-state index contributed by atoms with van der Waals surface area (Å²) in [4.78, 5) is 11.1. The number of carbonyl (C=O) groups is 1. The first kappa shape index (κ1) is 8.47. The fraction of sp³-hybridized carbons (Fsp3) is 0.667. The number of rotatable bonds is 1. The van der Waals surface area contributed by atoms with Gasteiger partial charge in [-0.2, -0.15) is 0 Å². The van der Waals surface area contributed by atoms with Crippen LogP contribution in [-0.4, -0.2) is 16.5 Å². The van der Waals surface area contributed by atoms with E-state index in [4.69, 9.17) is 0 Å². The largest absolute Gasteiger partial charge is 0.386 e. The van der Waals surface area contributed by atoms with Crippen LogP contribution in [0.3, 0.4) is 0 Å². The quantitative estimate of drug-likeness (QED) is 0.620. The summed E-state index contributed by atoms with van der Waals surface area (Å²) in [6, 6.07) is 0. The van der Waals surface area contributed by atoms with E-state index in [-0.39, 0.29) is 5.78 Å². The lowest BCUT2D eigenvalue weighted by Crippen LogP contribution is -2.28. The van der Waals surface area contributed by atoms with Crippen LogP contribution in [0.4, 0.5) is 0 Å². The van der Waals surface area contributed by atoms with Crippen LogP contribution in [0.25, 0.3) is 0 Å². The monoisotopic (exact) mass is 154 g/mol. The van der Waals surface area contributed by atoms with Gasteiger partial charge in [-0.1, -0.05) is 6.92 Å². The summed E-state index contributed by atoms with van der Waals surface area (Å²) in [5, 5.41) is 9.57. The van der Waals surface area contributed by atoms with Gasteiger partial charge in [0.2, 0.25) is 0 Å². The molecule has 0 unspecified atom stereocenters. The molecule has 0 radical (unpaired) electrons. The van der Waals surface area contributed by atoms with Gasteiger partial charge in [0.1, 0.15) is 0 Å². The lowest BCUT2D eigenvalue weighted by Gasteiger charge is -2.24. The fourth-order valence-corrected chi connectivity index (χ4v) is 1.35. The van der Waals surface area contributed by atoms with Crippen molar-refractivity contribution < 1.29 is 9.90 Å². The predicted molar refractivity (Wildman–Crippen MR) is 43.2 cm³/mol. The molecule has 0 amide bonds. The number of aliphatic hydroxyl groups is 1. The third kappa shape index (κ3) is 1.90. The van der Waals surface area contributed by atoms with Crippen molar-refractivity contribution >= 4 is 5.78 Å². The molecule has 0 saturated carbocycles. The van der Waals surface area contributed by atoms with Crippen molar-refractivity contribution in [2.45, 2.75) is 38.7 Å². The van der Waals surface area contributed by atoms with Crippen molar-refractivity contribution in [2.75, 3.05) is 0 Å². The Morgan fingerprint density at radius 2 is 2.36 bits per heavy atom. The standard InChI is InChI=1S/C9H14O2/c1-3-7-6-9(2,11)5-4-8(7)10/h6,11H,3-5H2,1-2H3/t9-/m1/s1. The van der Waals surface area contributed by atoms with Gasteiger partial charge >= 0.3 is 0 Å². The molecule has 0 aromatic carbocycles. The number of Topliss-reactive ketones (excluding diaryl/α,β-unsaturated/α-hetero) is 1. The summed E-state index contributed by atoms with van der Waals surface area (Å²) < 4.78 is 0. The Morgan fingerprint density at radius 3 is 2.82 bits per heavy atom. The van der Waals surface area contributed by atoms with Gasteiger partial charge in [0.05, 0.1) is 5.60 Å². The fourth-order valence-electron chi connectivity index (χ4n) is 1.35. The smallest absolute Gasteiger partial charge is 0.158 e. The van der Waals surface area contributed by atoms with Crippen LogP contribution in [0.2, 0.25) is 0 Å². The molecule has 0 fully saturated rings. The van der Waals surface area contributed by atoms with E-state index < -0.39 is 5.60 Å². The van der Waals surface area contributed by atoms with E-state index >= 15 is 0 Å². The lowest BCUT2D eigenvalue weighted by molar-refractivity contribution is -0.117. The summed E-state index contributed by atoms with van der Waals surface area (Å²) >= 11 is 0. The molecule has 2 heteroatoms. The number of hydrogen-bond donors (Lipinski definition) is 1. The predicted octanol–water partition coefficient (Wildman–Crippen LogP) is 1.44. The van der Waals surface area contributed by atoms with E-state index in [1.54, 1.807) is 13.0 Å². The second-order valence-electron chi connectivity index (χ2n) is 3.30. The van der Waals surface area contributed by atoms with Gasteiger partial charge in [-0.15, -0.1) is 0 Å². The SMILES string of the molecule is CCC1=C[C@](C)(O)CCC1=O. The van der Waals surface area contributed by atoms with Crippen LogP contribution >= 0.6 is 0 Å². The average Bonchev–Trinajstić information content (AvgIpc) is 1.94. The van der Waals surface area contributed by atoms with Gasteiger partial charge in [0, 0.05) is 6.42 Å². The summed E-state index contributed by atoms with van der Waals surface area (Å²) in [5.74, 6) is 0.194. The highest BCUT2D eigenvalue weighted by molar-refractivity contribution is 5.96. The van der Waals surface area contributed by atoms with Gasteiger partial charge in [0.25, 0.3) is 0 Å². The van der Waals surface area contributed by atoms with Crippen molar-refractivity contribution in [2.24, 2.45) is 0 Å². The first-order valence-corrected chi connectivity index (χ1v) is 4.02. The Morgan fingerprint density at radius 1 is 1.73 bits per heavy atom. The molecule has 62 valence electrons. The van der Waals surface area contributed by atoms with Crippen LogP contribution in [0.15, 0.2) is 11.6 Å². The molecule has 11 heavy (non-hydrogen) atoms. The zero-order valence-electron chi connectivity index (χ0n) is 7.05. The maximum atomic E-state index is 11.1. The molecule has 0 bridgehead atoms. The second kappa shape index (κ2) is 2.78. The van der Waals surface area contributed by atoms with Gasteiger partial charge in [0.15, 0.2) is 5.78 Å². The van der Waals surface area contributed by atoms with Gasteiger partial charge in [-0.05, 0) is 31.4 Å². The first-order chi connectivity index (χ1) is 5.05. The number of allylic oxidation sites excluding steroid dienone is 1. The molecule has 0 spiro atoms. The summed E-state index contributed by atoms with van der Waals surface area (Å²) in [5.41, 5.74) is 0.0282. The zero-order valence-corrected chi connectivity index (χ0v) is 7.05. The van der Waals surface area contributed by atoms with Crippen molar-refractivity contribution in [3.05, 3.63) is 11.6 Å². The van der Waals surface area contributed by atoms with Gasteiger partial charge < -0.3 is 5.11 Å². The maximum Gasteiger partial charge on any atom is 0.158 e. The minimum atomic E-state index is -0.751. The molecular weight excluding hydrogens is 140 g/mol. The zero-order chi connectivity index (χ0) is 8.48. The van der Waals surface area contributed by atoms with E-state index in [1.807, 2.05) is 6.92 Å². The van der Waals surface area contributed by atoms with E-state index in [0.29, 0.717) is 12.8 Å². The molecule has 0 aromatic heterocycles. The van der Waals surface area contributed by atoms with Crippen LogP contribution in [-0.2, 0) is 4.79 Å². The minimum absolute atomic E-state index is 0.194. The third-order valence-electron chi connectivity index (χ3n) is 2.08. The van der Waals surface area contributed by atoms with Crippen LogP contribution in [0.5, 0.6) is 0 Å². The van der Waals surface area contributed by atoms with E-state index in [2.05, 4.69) is 0 Å². The number of carbonyl (C=O) groups excluding carboxylic acids is 1. The maximum absolute atomic E-state index is 11.1. The molecule has 0 saturated heterocycles. The van der Waals surface area contributed by atoms with Crippen molar-refractivity contribution in [1.29, 1.82) is 0 Å². The van der Waals surface area contributed by atoms with Crippen LogP contribution < -0.4 is 0 Å². The van der Waals surface area contributed by atoms with Gasteiger partial charge in [-0.3, -0.25) is 4.79 Å². The molecular formula is C9H14O2. The second-order valence-corrected chi connectivity index (χ2v) is 3.30. The Kier molecular flexibility index (Phi) is 2.14. The first-order valence-electron chi connectivity index (χ1n) is 4.02. The average molecular weight is 154 g/mol. The molecule has 0 aromatic rings. The topological polar surface area (TPSA) is 37.3 Å². The van der Waals surface area contributed by atoms with E-state index in [1.165, 1.54) is 0 Å². The van der Waals surface area contributed by atoms with Crippen molar-refractivity contribution in [1.82, 2.24) is 0 Å². The highest BCUT2D eigenvalue weighted by Gasteiger charge is 2.26. The Balaban J connectivity index is 2.86. The van der Waals surface area contributed by atoms with E-state index in [9.17, 15) is 9.90 Å². The molecule has 1 N–H and O–H groups in total. The van der Waals surface area contributed by atoms with Crippen LogP contribution in [0, 0.1) is 0 Å². The highest BCUT2D eigenvalue weighted by Crippen LogP contribution is 2.24. The highest BCUT2D eigenvalue weighted by atomic mass is 16.3.